The van der Waals surface area contributed by atoms with Crippen LogP contribution in [0.4, 0.5) is 4.79 Å². The molecule has 0 spiro atoms. The van der Waals surface area contributed by atoms with Crippen molar-refractivity contribution in [2.24, 2.45) is 0 Å². The molecule has 1 aromatic carbocycles. The molecular weight excluding hydrogens is 322 g/mol. The number of carbonyl (C=O) groups is 1. The van der Waals surface area contributed by atoms with E-state index in [0.29, 0.717) is 6.54 Å². The van der Waals surface area contributed by atoms with E-state index >= 15 is 0 Å². The molecule has 1 unspecified atom stereocenters. The molecule has 1 atom stereocenters. The van der Waals surface area contributed by atoms with Gasteiger partial charge in [0, 0.05) is 30.7 Å². The van der Waals surface area contributed by atoms with E-state index in [0.717, 1.165) is 43.2 Å². The van der Waals surface area contributed by atoms with Crippen LogP contribution < -0.4 is 5.32 Å². The minimum Gasteiger partial charge on any atom is -0.331 e. The largest absolute Gasteiger partial charge is 0.331 e. The Labute approximate surface area is 145 Å². The SMILES string of the molecule is CN(Cc1nnc2n1CCC2)C(=O)NC1CCSc2ccccc21. The van der Waals surface area contributed by atoms with Crippen LogP contribution in [0.3, 0.4) is 0 Å². The normalized spacial score (nSPS) is 18.8. The second kappa shape index (κ2) is 6.47. The summed E-state index contributed by atoms with van der Waals surface area (Å²) < 4.78 is 2.14. The third kappa shape index (κ3) is 2.88. The van der Waals surface area contributed by atoms with Gasteiger partial charge in [0.1, 0.15) is 5.82 Å². The summed E-state index contributed by atoms with van der Waals surface area (Å²) in [6.07, 6.45) is 3.06. The van der Waals surface area contributed by atoms with Crippen molar-refractivity contribution in [2.45, 2.75) is 43.3 Å². The van der Waals surface area contributed by atoms with Crippen LogP contribution in [0.15, 0.2) is 29.2 Å². The zero-order chi connectivity index (χ0) is 16.5. The molecule has 4 rings (SSSR count). The van der Waals surface area contributed by atoms with Crippen LogP contribution in [-0.4, -0.2) is 38.5 Å². The number of aryl methyl sites for hydroxylation is 1. The third-order valence-electron chi connectivity index (χ3n) is 4.67. The van der Waals surface area contributed by atoms with Crippen molar-refractivity contribution >= 4 is 17.8 Å². The average molecular weight is 343 g/mol. The Hall–Kier alpha value is -2.02. The summed E-state index contributed by atoms with van der Waals surface area (Å²) in [5, 5.41) is 11.6. The molecule has 0 saturated carbocycles. The Morgan fingerprint density at radius 1 is 1.42 bits per heavy atom. The summed E-state index contributed by atoms with van der Waals surface area (Å²) in [7, 11) is 1.81. The van der Waals surface area contributed by atoms with Gasteiger partial charge in [0.2, 0.25) is 0 Å². The Balaban J connectivity index is 1.43. The number of hydrogen-bond acceptors (Lipinski definition) is 4. The predicted octanol–water partition coefficient (Wildman–Crippen LogP) is 2.60. The first-order valence-electron chi connectivity index (χ1n) is 8.36. The highest BCUT2D eigenvalue weighted by molar-refractivity contribution is 7.99. The lowest BCUT2D eigenvalue weighted by molar-refractivity contribution is 0.200. The number of nitrogens with one attached hydrogen (secondary N) is 1. The van der Waals surface area contributed by atoms with Crippen LogP contribution in [0.25, 0.3) is 0 Å². The minimum absolute atomic E-state index is 0.0583. The molecule has 24 heavy (non-hydrogen) atoms. The first-order valence-corrected chi connectivity index (χ1v) is 9.35. The summed E-state index contributed by atoms with van der Waals surface area (Å²) >= 11 is 1.86. The molecule has 0 fully saturated rings. The topological polar surface area (TPSA) is 63.1 Å². The van der Waals surface area contributed by atoms with Gasteiger partial charge < -0.3 is 14.8 Å². The number of rotatable bonds is 3. The van der Waals surface area contributed by atoms with Gasteiger partial charge in [-0.25, -0.2) is 4.79 Å². The fourth-order valence-corrected chi connectivity index (χ4v) is 4.49. The Morgan fingerprint density at radius 3 is 3.21 bits per heavy atom. The number of amides is 2. The van der Waals surface area contributed by atoms with Crippen LogP contribution in [-0.2, 0) is 19.5 Å². The van der Waals surface area contributed by atoms with Gasteiger partial charge in [0.15, 0.2) is 5.82 Å². The van der Waals surface area contributed by atoms with Crippen LogP contribution in [0.2, 0.25) is 0 Å². The number of urea groups is 1. The number of fused-ring (bicyclic) bond motifs is 2. The van der Waals surface area contributed by atoms with E-state index < -0.39 is 0 Å². The van der Waals surface area contributed by atoms with Gasteiger partial charge in [0.05, 0.1) is 12.6 Å². The second-order valence-electron chi connectivity index (χ2n) is 6.32. The van der Waals surface area contributed by atoms with Gasteiger partial charge >= 0.3 is 6.03 Å². The standard InChI is InChI=1S/C17H21N5OS/c1-21(11-16-20-19-15-7-4-9-22(15)16)17(23)18-13-8-10-24-14-6-3-2-5-12(13)14/h2-3,5-6,13H,4,7-11H2,1H3,(H,18,23). The molecule has 6 nitrogen and oxygen atoms in total. The molecule has 1 N–H and O–H groups in total. The van der Waals surface area contributed by atoms with Gasteiger partial charge in [-0.15, -0.1) is 22.0 Å². The van der Waals surface area contributed by atoms with Crippen molar-refractivity contribution in [3.8, 4) is 0 Å². The number of benzene rings is 1. The fraction of sp³-hybridized carbons (Fsp3) is 0.471. The molecule has 0 radical (unpaired) electrons. The van der Waals surface area contributed by atoms with Crippen molar-refractivity contribution < 1.29 is 4.79 Å². The number of carbonyl (C=O) groups excluding carboxylic acids is 1. The minimum atomic E-state index is -0.0583. The highest BCUT2D eigenvalue weighted by Crippen LogP contribution is 2.35. The predicted molar refractivity (Wildman–Crippen MR) is 92.9 cm³/mol. The molecule has 0 bridgehead atoms. The number of aromatic nitrogens is 3. The van der Waals surface area contributed by atoms with Gasteiger partial charge in [-0.3, -0.25) is 0 Å². The van der Waals surface area contributed by atoms with Crippen LogP contribution in [0, 0.1) is 0 Å². The lowest BCUT2D eigenvalue weighted by Crippen LogP contribution is -2.40. The molecule has 1 aromatic heterocycles. The van der Waals surface area contributed by atoms with E-state index in [1.54, 1.807) is 4.90 Å². The first kappa shape index (κ1) is 15.5. The fourth-order valence-electron chi connectivity index (χ4n) is 3.36. The zero-order valence-electron chi connectivity index (χ0n) is 13.7. The first-order chi connectivity index (χ1) is 11.7. The summed E-state index contributed by atoms with van der Waals surface area (Å²) in [5.41, 5.74) is 1.22. The molecule has 0 saturated heterocycles. The lowest BCUT2D eigenvalue weighted by atomic mass is 10.0. The van der Waals surface area contributed by atoms with E-state index in [1.165, 1.54) is 10.5 Å². The molecule has 2 aliphatic rings. The highest BCUT2D eigenvalue weighted by atomic mass is 32.2. The number of nitrogens with zero attached hydrogens (tertiary/aromatic N) is 4. The zero-order valence-corrected chi connectivity index (χ0v) is 14.6. The van der Waals surface area contributed by atoms with E-state index in [2.05, 4.69) is 32.2 Å². The summed E-state index contributed by atoms with van der Waals surface area (Å²) in [6, 6.07) is 8.35. The molecule has 7 heteroatoms. The Bertz CT molecular complexity index is 759. The number of hydrogen-bond donors (Lipinski definition) is 1. The second-order valence-corrected chi connectivity index (χ2v) is 7.46. The van der Waals surface area contributed by atoms with E-state index in [-0.39, 0.29) is 12.1 Å². The van der Waals surface area contributed by atoms with Crippen molar-refractivity contribution in [3.05, 3.63) is 41.5 Å². The summed E-state index contributed by atoms with van der Waals surface area (Å²) in [4.78, 5) is 15.6. The molecular formula is C17H21N5OS. The van der Waals surface area contributed by atoms with E-state index in [9.17, 15) is 4.79 Å². The van der Waals surface area contributed by atoms with Crippen molar-refractivity contribution in [2.75, 3.05) is 12.8 Å². The average Bonchev–Trinajstić information content (AvgIpc) is 3.20. The van der Waals surface area contributed by atoms with Crippen LogP contribution in [0.1, 0.15) is 36.1 Å². The van der Waals surface area contributed by atoms with Gasteiger partial charge in [-0.2, -0.15) is 0 Å². The molecule has 3 heterocycles. The van der Waals surface area contributed by atoms with Crippen molar-refractivity contribution in [3.63, 3.8) is 0 Å². The molecule has 2 aliphatic heterocycles. The smallest absolute Gasteiger partial charge is 0.318 e. The molecule has 0 aliphatic carbocycles. The van der Waals surface area contributed by atoms with E-state index in [4.69, 9.17) is 0 Å². The number of thioether (sulfide) groups is 1. The van der Waals surface area contributed by atoms with Crippen molar-refractivity contribution in [1.82, 2.24) is 25.0 Å². The maximum absolute atomic E-state index is 12.6. The maximum Gasteiger partial charge on any atom is 0.318 e. The molecule has 2 amide bonds. The quantitative estimate of drug-likeness (QED) is 0.930. The van der Waals surface area contributed by atoms with Crippen LogP contribution in [0.5, 0.6) is 0 Å². The summed E-state index contributed by atoms with van der Waals surface area (Å²) in [5.74, 6) is 2.94. The Morgan fingerprint density at radius 2 is 2.29 bits per heavy atom. The Kier molecular flexibility index (Phi) is 4.18. The van der Waals surface area contributed by atoms with Gasteiger partial charge in [0.25, 0.3) is 0 Å². The highest BCUT2D eigenvalue weighted by Gasteiger charge is 2.24. The summed E-state index contributed by atoms with van der Waals surface area (Å²) in [6.45, 7) is 1.45. The van der Waals surface area contributed by atoms with Crippen molar-refractivity contribution in [1.29, 1.82) is 0 Å². The lowest BCUT2D eigenvalue weighted by Gasteiger charge is -2.28. The third-order valence-corrected chi connectivity index (χ3v) is 5.79. The van der Waals surface area contributed by atoms with Gasteiger partial charge in [-0.1, -0.05) is 18.2 Å². The van der Waals surface area contributed by atoms with Crippen LogP contribution >= 0.6 is 11.8 Å². The molecule has 2 aromatic rings. The van der Waals surface area contributed by atoms with E-state index in [1.807, 2.05) is 30.9 Å². The van der Waals surface area contributed by atoms with Gasteiger partial charge in [-0.05, 0) is 24.5 Å². The monoisotopic (exact) mass is 343 g/mol. The maximum atomic E-state index is 12.6. The molecule has 126 valence electrons.